The van der Waals surface area contributed by atoms with Crippen molar-refractivity contribution in [2.45, 2.75) is 64.6 Å². The number of nitrogens with one attached hydrogen (secondary N) is 1. The van der Waals surface area contributed by atoms with Crippen molar-refractivity contribution in [3.8, 4) is 0 Å². The van der Waals surface area contributed by atoms with E-state index in [1.807, 2.05) is 52.0 Å². The van der Waals surface area contributed by atoms with Crippen LogP contribution in [0.4, 0.5) is 0 Å². The third-order valence-electron chi connectivity index (χ3n) is 5.56. The van der Waals surface area contributed by atoms with Gasteiger partial charge in [-0.25, -0.2) is 0 Å². The van der Waals surface area contributed by atoms with Crippen molar-refractivity contribution in [1.82, 2.24) is 19.8 Å². The first-order valence-electron chi connectivity index (χ1n) is 10.4. The molecule has 30 heavy (non-hydrogen) atoms. The number of hydrogen-bond acceptors (Lipinski definition) is 6. The summed E-state index contributed by atoms with van der Waals surface area (Å²) < 4.78 is 9.63. The number of aryl methyl sites for hydroxylation is 1. The standard InChI is InChI=1S/C22H30N4O3S/c1-5-22(3,4)23-20(27)19(16-10-8-15(2)9-11-16)26(13-17-7-6-12-29-17)21(28)18-14-30-25-24-18/h8-11,14,17,19H,5-7,12-13H2,1-4H3,(H,23,27). The zero-order valence-electron chi connectivity index (χ0n) is 18.1. The van der Waals surface area contributed by atoms with E-state index in [9.17, 15) is 9.59 Å². The molecule has 1 aromatic carbocycles. The van der Waals surface area contributed by atoms with E-state index in [2.05, 4.69) is 14.9 Å². The molecule has 1 aliphatic heterocycles. The van der Waals surface area contributed by atoms with Crippen LogP contribution in [0.25, 0.3) is 0 Å². The minimum Gasteiger partial charge on any atom is -0.376 e. The summed E-state index contributed by atoms with van der Waals surface area (Å²) in [5, 5.41) is 8.69. The molecular weight excluding hydrogens is 400 g/mol. The van der Waals surface area contributed by atoms with Gasteiger partial charge in [0.15, 0.2) is 5.69 Å². The lowest BCUT2D eigenvalue weighted by atomic mass is 9.97. The zero-order chi connectivity index (χ0) is 21.7. The minimum atomic E-state index is -0.783. The Morgan fingerprint density at radius 2 is 2.07 bits per heavy atom. The first kappa shape index (κ1) is 22.4. The molecule has 8 heteroatoms. The van der Waals surface area contributed by atoms with E-state index >= 15 is 0 Å². The molecule has 0 bridgehead atoms. The fourth-order valence-electron chi connectivity index (χ4n) is 3.43. The highest BCUT2D eigenvalue weighted by molar-refractivity contribution is 7.03. The van der Waals surface area contributed by atoms with Crippen molar-refractivity contribution in [2.75, 3.05) is 13.2 Å². The number of hydrogen-bond donors (Lipinski definition) is 1. The molecule has 0 spiro atoms. The molecule has 0 saturated carbocycles. The SMILES string of the molecule is CCC(C)(C)NC(=O)C(c1ccc(C)cc1)N(CC1CCCO1)C(=O)c1csnn1. The molecule has 0 aliphatic carbocycles. The molecule has 2 atom stereocenters. The third-order valence-corrected chi connectivity index (χ3v) is 6.07. The van der Waals surface area contributed by atoms with Gasteiger partial charge in [-0.1, -0.05) is 41.2 Å². The highest BCUT2D eigenvalue weighted by Crippen LogP contribution is 2.27. The van der Waals surface area contributed by atoms with Gasteiger partial charge in [-0.3, -0.25) is 9.59 Å². The van der Waals surface area contributed by atoms with Gasteiger partial charge in [0.1, 0.15) is 6.04 Å². The summed E-state index contributed by atoms with van der Waals surface area (Å²) in [7, 11) is 0. The second-order valence-electron chi connectivity index (χ2n) is 8.42. The number of amides is 2. The topological polar surface area (TPSA) is 84.4 Å². The molecule has 7 nitrogen and oxygen atoms in total. The largest absolute Gasteiger partial charge is 0.376 e. The molecule has 1 N–H and O–H groups in total. The van der Waals surface area contributed by atoms with Crippen LogP contribution in [0.15, 0.2) is 29.6 Å². The molecule has 2 heterocycles. The highest BCUT2D eigenvalue weighted by Gasteiger charge is 2.37. The molecule has 2 amide bonds. The lowest BCUT2D eigenvalue weighted by Crippen LogP contribution is -2.51. The Labute approximate surface area is 182 Å². The van der Waals surface area contributed by atoms with Gasteiger partial charge in [0.2, 0.25) is 5.91 Å². The first-order valence-corrected chi connectivity index (χ1v) is 11.2. The first-order chi connectivity index (χ1) is 14.3. The van der Waals surface area contributed by atoms with Crippen LogP contribution in [0.2, 0.25) is 0 Å². The number of aromatic nitrogens is 2. The van der Waals surface area contributed by atoms with Crippen molar-refractivity contribution in [1.29, 1.82) is 0 Å². The van der Waals surface area contributed by atoms with E-state index in [1.165, 1.54) is 0 Å². The van der Waals surface area contributed by atoms with E-state index in [-0.39, 0.29) is 29.2 Å². The normalized spacial score (nSPS) is 17.5. The second kappa shape index (κ2) is 9.66. The molecule has 1 saturated heterocycles. The summed E-state index contributed by atoms with van der Waals surface area (Å²) >= 11 is 1.12. The molecule has 0 radical (unpaired) electrons. The summed E-state index contributed by atoms with van der Waals surface area (Å²) in [5.41, 5.74) is 1.71. The van der Waals surface area contributed by atoms with Crippen LogP contribution in [0.1, 0.15) is 67.7 Å². The molecule has 1 aliphatic rings. The van der Waals surface area contributed by atoms with Crippen LogP contribution in [-0.4, -0.2) is 51.1 Å². The number of nitrogens with zero attached hydrogens (tertiary/aromatic N) is 3. The molecule has 162 valence electrons. The maximum absolute atomic E-state index is 13.5. The summed E-state index contributed by atoms with van der Waals surface area (Å²) in [5.74, 6) is -0.519. The van der Waals surface area contributed by atoms with Gasteiger partial charge >= 0.3 is 0 Å². The van der Waals surface area contributed by atoms with Crippen molar-refractivity contribution in [3.05, 3.63) is 46.5 Å². The van der Waals surface area contributed by atoms with Crippen LogP contribution in [0.3, 0.4) is 0 Å². The Morgan fingerprint density at radius 1 is 1.33 bits per heavy atom. The van der Waals surface area contributed by atoms with Crippen LogP contribution < -0.4 is 5.32 Å². The van der Waals surface area contributed by atoms with Gasteiger partial charge in [0.05, 0.1) is 6.10 Å². The lowest BCUT2D eigenvalue weighted by Gasteiger charge is -2.35. The number of carbonyl (C=O) groups excluding carboxylic acids is 2. The number of ether oxygens (including phenoxy) is 1. The summed E-state index contributed by atoms with van der Waals surface area (Å²) in [6, 6.07) is 6.95. The van der Waals surface area contributed by atoms with E-state index in [1.54, 1.807) is 10.3 Å². The average Bonchev–Trinajstić information content (AvgIpc) is 3.42. The van der Waals surface area contributed by atoms with Crippen LogP contribution in [-0.2, 0) is 9.53 Å². The van der Waals surface area contributed by atoms with Gasteiger partial charge in [-0.05, 0) is 57.1 Å². The van der Waals surface area contributed by atoms with Gasteiger partial charge in [0, 0.05) is 24.1 Å². The summed E-state index contributed by atoms with van der Waals surface area (Å²) in [6.07, 6.45) is 2.49. The molecule has 1 fully saturated rings. The fourth-order valence-corrected chi connectivity index (χ4v) is 3.86. The highest BCUT2D eigenvalue weighted by atomic mass is 32.1. The summed E-state index contributed by atoms with van der Waals surface area (Å²) in [4.78, 5) is 28.5. The van der Waals surface area contributed by atoms with Gasteiger partial charge in [-0.2, -0.15) is 0 Å². The van der Waals surface area contributed by atoms with Crippen molar-refractivity contribution in [3.63, 3.8) is 0 Å². The second-order valence-corrected chi connectivity index (χ2v) is 9.03. The van der Waals surface area contributed by atoms with Crippen molar-refractivity contribution < 1.29 is 14.3 Å². The van der Waals surface area contributed by atoms with E-state index in [0.717, 1.165) is 41.9 Å². The molecule has 1 aromatic heterocycles. The van der Waals surface area contributed by atoms with Crippen LogP contribution in [0, 0.1) is 6.92 Å². The predicted octanol–water partition coefficient (Wildman–Crippen LogP) is 3.51. The lowest BCUT2D eigenvalue weighted by molar-refractivity contribution is -0.128. The third kappa shape index (κ3) is 5.43. The van der Waals surface area contributed by atoms with E-state index < -0.39 is 6.04 Å². The Kier molecular flexibility index (Phi) is 7.20. The quantitative estimate of drug-likeness (QED) is 0.693. The average molecular weight is 431 g/mol. The number of carbonyl (C=O) groups is 2. The van der Waals surface area contributed by atoms with Crippen LogP contribution >= 0.6 is 11.5 Å². The van der Waals surface area contributed by atoms with Crippen molar-refractivity contribution in [2.24, 2.45) is 0 Å². The van der Waals surface area contributed by atoms with E-state index in [0.29, 0.717) is 13.2 Å². The maximum atomic E-state index is 13.5. The Morgan fingerprint density at radius 3 is 2.63 bits per heavy atom. The smallest absolute Gasteiger partial charge is 0.276 e. The van der Waals surface area contributed by atoms with Crippen LogP contribution in [0.5, 0.6) is 0 Å². The number of rotatable bonds is 8. The number of benzene rings is 1. The predicted molar refractivity (Wildman–Crippen MR) is 116 cm³/mol. The zero-order valence-corrected chi connectivity index (χ0v) is 18.9. The van der Waals surface area contributed by atoms with Gasteiger partial charge in [0.25, 0.3) is 5.91 Å². The Hall–Kier alpha value is -2.32. The maximum Gasteiger partial charge on any atom is 0.276 e. The molecule has 2 aromatic rings. The summed E-state index contributed by atoms with van der Waals surface area (Å²) in [6.45, 7) is 8.98. The fraction of sp³-hybridized carbons (Fsp3) is 0.545. The van der Waals surface area contributed by atoms with Gasteiger partial charge < -0.3 is 15.0 Å². The Balaban J connectivity index is 2.00. The van der Waals surface area contributed by atoms with Gasteiger partial charge in [-0.15, -0.1) is 5.10 Å². The molecule has 2 unspecified atom stereocenters. The van der Waals surface area contributed by atoms with Crippen molar-refractivity contribution >= 4 is 23.3 Å². The molecule has 3 rings (SSSR count). The Bertz CT molecular complexity index is 846. The molecular formula is C22H30N4O3S. The monoisotopic (exact) mass is 430 g/mol. The van der Waals surface area contributed by atoms with E-state index in [4.69, 9.17) is 4.74 Å². The minimum absolute atomic E-state index is 0.0968.